The van der Waals surface area contributed by atoms with E-state index in [4.69, 9.17) is 10.5 Å². The quantitative estimate of drug-likeness (QED) is 0.395. The van der Waals surface area contributed by atoms with E-state index in [1.54, 1.807) is 0 Å². The van der Waals surface area contributed by atoms with E-state index in [0.717, 1.165) is 36.3 Å². The molecular weight excluding hydrogens is 412 g/mol. The highest BCUT2D eigenvalue weighted by Gasteiger charge is 2.09. The molecule has 0 spiro atoms. The lowest BCUT2D eigenvalue weighted by atomic mass is 10.0. The molecule has 3 aromatic rings. The summed E-state index contributed by atoms with van der Waals surface area (Å²) in [7, 11) is 0. The normalized spacial score (nSPS) is 11.7. The predicted molar refractivity (Wildman–Crippen MR) is 133 cm³/mol. The molecule has 2 aromatic carbocycles. The number of ether oxygens (including phenoxy) is 1. The Morgan fingerprint density at radius 1 is 1.06 bits per heavy atom. The van der Waals surface area contributed by atoms with E-state index >= 15 is 0 Å². The zero-order chi connectivity index (χ0) is 23.5. The number of rotatable bonds is 12. The van der Waals surface area contributed by atoms with E-state index in [1.165, 1.54) is 11.1 Å². The summed E-state index contributed by atoms with van der Waals surface area (Å²) in [5, 5.41) is 6.57. The van der Waals surface area contributed by atoms with Crippen molar-refractivity contribution in [3.8, 4) is 5.75 Å². The minimum Gasteiger partial charge on any atom is -0.494 e. The molecule has 1 atom stereocenters. The maximum absolute atomic E-state index is 12.5. The molecule has 6 nitrogen and oxygen atoms in total. The summed E-state index contributed by atoms with van der Waals surface area (Å²) >= 11 is 0. The molecule has 0 saturated heterocycles. The fraction of sp³-hybridized carbons (Fsp3) is 0.333. The van der Waals surface area contributed by atoms with Crippen LogP contribution in [-0.4, -0.2) is 30.1 Å². The molecule has 4 N–H and O–H groups in total. The van der Waals surface area contributed by atoms with Gasteiger partial charge in [0.15, 0.2) is 0 Å². The molecule has 0 saturated carbocycles. The van der Waals surface area contributed by atoms with Gasteiger partial charge in [0.25, 0.3) is 0 Å². The second-order valence-corrected chi connectivity index (χ2v) is 8.21. The van der Waals surface area contributed by atoms with Gasteiger partial charge in [0.1, 0.15) is 11.6 Å². The van der Waals surface area contributed by atoms with Crippen LogP contribution >= 0.6 is 0 Å². The van der Waals surface area contributed by atoms with Gasteiger partial charge in [-0.15, -0.1) is 0 Å². The molecule has 3 rings (SSSR count). The Labute approximate surface area is 196 Å². The lowest BCUT2D eigenvalue weighted by Crippen LogP contribution is -2.30. The molecule has 0 bridgehead atoms. The zero-order valence-corrected chi connectivity index (χ0v) is 19.5. The summed E-state index contributed by atoms with van der Waals surface area (Å²) in [5.74, 6) is 1.36. The van der Waals surface area contributed by atoms with Crippen LogP contribution in [0.2, 0.25) is 0 Å². The first-order valence-corrected chi connectivity index (χ1v) is 11.5. The molecule has 0 aliphatic heterocycles. The zero-order valence-electron chi connectivity index (χ0n) is 19.5. The number of nitrogens with two attached hydrogens (primary N) is 1. The third-order valence-electron chi connectivity index (χ3n) is 5.40. The van der Waals surface area contributed by atoms with E-state index in [0.29, 0.717) is 31.4 Å². The van der Waals surface area contributed by atoms with Gasteiger partial charge in [0, 0.05) is 24.3 Å². The predicted octanol–water partition coefficient (Wildman–Crippen LogP) is 3.68. The van der Waals surface area contributed by atoms with Crippen LogP contribution in [-0.2, 0) is 30.6 Å². The molecule has 33 heavy (non-hydrogen) atoms. The summed E-state index contributed by atoms with van der Waals surface area (Å²) in [5.41, 5.74) is 10.0. The first-order chi connectivity index (χ1) is 16.0. The van der Waals surface area contributed by atoms with Gasteiger partial charge in [-0.3, -0.25) is 4.79 Å². The van der Waals surface area contributed by atoms with Gasteiger partial charge < -0.3 is 21.1 Å². The maximum atomic E-state index is 12.5. The molecule has 0 fully saturated rings. The van der Waals surface area contributed by atoms with Crippen molar-refractivity contribution in [1.29, 1.82) is 0 Å². The number of amides is 1. The number of aromatic nitrogens is 1. The number of nitrogens with one attached hydrogen (secondary N) is 2. The molecule has 1 unspecified atom stereocenters. The summed E-state index contributed by atoms with van der Waals surface area (Å²) in [6.45, 7) is 6.06. The molecular formula is C27H34N4O2. The lowest BCUT2D eigenvalue weighted by molar-refractivity contribution is -0.120. The first kappa shape index (κ1) is 24.3. The average molecular weight is 447 g/mol. The van der Waals surface area contributed by atoms with Gasteiger partial charge in [-0.25, -0.2) is 4.98 Å². The number of nitrogen functional groups attached to an aromatic ring is 1. The smallest absolute Gasteiger partial charge is 0.224 e. The topological polar surface area (TPSA) is 89.3 Å². The second-order valence-electron chi connectivity index (χ2n) is 8.21. The largest absolute Gasteiger partial charge is 0.494 e. The van der Waals surface area contributed by atoms with E-state index in [-0.39, 0.29) is 5.91 Å². The van der Waals surface area contributed by atoms with Gasteiger partial charge in [-0.1, -0.05) is 48.5 Å². The Morgan fingerprint density at radius 3 is 2.67 bits per heavy atom. The maximum Gasteiger partial charge on any atom is 0.224 e. The molecule has 174 valence electrons. The molecule has 0 aliphatic carbocycles. The van der Waals surface area contributed by atoms with Crippen LogP contribution in [0.3, 0.4) is 0 Å². The molecule has 1 aromatic heterocycles. The summed E-state index contributed by atoms with van der Waals surface area (Å²) < 4.78 is 5.63. The van der Waals surface area contributed by atoms with Crippen LogP contribution in [0, 0.1) is 0 Å². The van der Waals surface area contributed by atoms with Crippen molar-refractivity contribution in [2.75, 3.05) is 18.9 Å². The number of hydrogen-bond donors (Lipinski definition) is 3. The second kappa shape index (κ2) is 12.6. The van der Waals surface area contributed by atoms with Crippen LogP contribution in [0.5, 0.6) is 5.75 Å². The highest BCUT2D eigenvalue weighted by Crippen LogP contribution is 2.17. The van der Waals surface area contributed by atoms with Crippen molar-refractivity contribution in [2.45, 2.75) is 45.7 Å². The number of pyridine rings is 1. The Kier molecular flexibility index (Phi) is 9.27. The van der Waals surface area contributed by atoms with Gasteiger partial charge in [-0.2, -0.15) is 0 Å². The number of anilines is 1. The van der Waals surface area contributed by atoms with Crippen molar-refractivity contribution < 1.29 is 9.53 Å². The fourth-order valence-electron chi connectivity index (χ4n) is 3.73. The summed E-state index contributed by atoms with van der Waals surface area (Å²) in [6, 6.07) is 20.2. The Hall–Kier alpha value is -3.38. The van der Waals surface area contributed by atoms with E-state index in [1.807, 2.05) is 61.7 Å². The monoisotopic (exact) mass is 446 g/mol. The number of hydrogen-bond acceptors (Lipinski definition) is 5. The molecule has 0 aliphatic rings. The minimum atomic E-state index is 0.00160. The van der Waals surface area contributed by atoms with Crippen molar-refractivity contribution in [1.82, 2.24) is 15.6 Å². The Balaban J connectivity index is 1.44. The van der Waals surface area contributed by atoms with Gasteiger partial charge in [-0.05, 0) is 62.1 Å². The number of para-hydroxylation sites is 1. The summed E-state index contributed by atoms with van der Waals surface area (Å²) in [4.78, 5) is 16.6. The number of nitrogens with zero attached hydrogens (tertiary/aromatic N) is 1. The van der Waals surface area contributed by atoms with E-state index in [9.17, 15) is 4.79 Å². The highest BCUT2D eigenvalue weighted by molar-refractivity contribution is 5.78. The number of benzene rings is 2. The van der Waals surface area contributed by atoms with Crippen LogP contribution in [0.1, 0.15) is 36.1 Å². The van der Waals surface area contributed by atoms with Crippen LogP contribution < -0.4 is 21.1 Å². The average Bonchev–Trinajstić information content (AvgIpc) is 2.80. The fourth-order valence-corrected chi connectivity index (χ4v) is 3.73. The van der Waals surface area contributed by atoms with Gasteiger partial charge in [0.05, 0.1) is 13.0 Å². The minimum absolute atomic E-state index is 0.00160. The molecule has 0 radical (unpaired) electrons. The molecule has 1 amide bonds. The van der Waals surface area contributed by atoms with Crippen molar-refractivity contribution >= 4 is 11.7 Å². The van der Waals surface area contributed by atoms with Crippen molar-refractivity contribution in [3.63, 3.8) is 0 Å². The first-order valence-electron chi connectivity index (χ1n) is 11.5. The third kappa shape index (κ3) is 8.24. The van der Waals surface area contributed by atoms with Crippen LogP contribution in [0.25, 0.3) is 0 Å². The highest BCUT2D eigenvalue weighted by atomic mass is 16.5. The Bertz CT molecular complexity index is 1020. The third-order valence-corrected chi connectivity index (χ3v) is 5.40. The van der Waals surface area contributed by atoms with Crippen LogP contribution in [0.4, 0.5) is 5.82 Å². The van der Waals surface area contributed by atoms with Crippen LogP contribution in [0.15, 0.2) is 66.9 Å². The van der Waals surface area contributed by atoms with E-state index < -0.39 is 0 Å². The molecule has 6 heteroatoms. The standard InChI is InChI=1S/C27H34N4O2/c1-3-33-25-10-5-4-9-24(25)19-31-27(32)17-23-8-6-7-22(16-23)15-20(2)29-14-13-21-11-12-26(28)30-18-21/h4-12,16,18,20,29H,3,13-15,17,19H2,1-2H3,(H2,28,30)(H,31,32). The van der Waals surface area contributed by atoms with Crippen molar-refractivity contribution in [2.24, 2.45) is 0 Å². The Morgan fingerprint density at radius 2 is 1.88 bits per heavy atom. The number of carbonyl (C=O) groups excluding carboxylic acids is 1. The van der Waals surface area contributed by atoms with Crippen molar-refractivity contribution in [3.05, 3.63) is 89.1 Å². The summed E-state index contributed by atoms with van der Waals surface area (Å²) in [6.07, 6.45) is 3.99. The SMILES string of the molecule is CCOc1ccccc1CNC(=O)Cc1cccc(CC(C)NCCc2ccc(N)nc2)c1. The van der Waals surface area contributed by atoms with Gasteiger partial charge in [0.2, 0.25) is 5.91 Å². The van der Waals surface area contributed by atoms with E-state index in [2.05, 4.69) is 34.7 Å². The lowest BCUT2D eigenvalue weighted by Gasteiger charge is -2.15. The number of carbonyl (C=O) groups is 1. The molecule has 1 heterocycles. The van der Waals surface area contributed by atoms with Gasteiger partial charge >= 0.3 is 0 Å².